The minimum Gasteiger partial charge on any atom is -0.486 e. The third-order valence-corrected chi connectivity index (χ3v) is 3.67. The summed E-state index contributed by atoms with van der Waals surface area (Å²) in [6.45, 7) is 0.119. The van der Waals surface area contributed by atoms with Crippen LogP contribution in [0.4, 0.5) is 4.39 Å². The first kappa shape index (κ1) is 18.2. The van der Waals surface area contributed by atoms with Gasteiger partial charge in [-0.05, 0) is 54.1 Å². The second-order valence-corrected chi connectivity index (χ2v) is 5.65. The van der Waals surface area contributed by atoms with E-state index in [0.717, 1.165) is 0 Å². The Labute approximate surface area is 154 Å². The molecule has 0 atom stereocenters. The fourth-order valence-electron chi connectivity index (χ4n) is 2.24. The molecule has 0 bridgehead atoms. The fraction of sp³-hybridized carbons (Fsp3) is 0.100. The van der Waals surface area contributed by atoms with Crippen LogP contribution >= 0.6 is 0 Å². The topological polar surface area (TPSA) is 91.8 Å². The van der Waals surface area contributed by atoms with E-state index in [0.29, 0.717) is 22.6 Å². The highest BCUT2D eigenvalue weighted by Crippen LogP contribution is 2.16. The number of esters is 1. The highest BCUT2D eigenvalue weighted by molar-refractivity contribution is 5.92. The monoisotopic (exact) mass is 369 g/mol. The van der Waals surface area contributed by atoms with Gasteiger partial charge in [0.2, 0.25) is 11.7 Å². The molecule has 7 heteroatoms. The van der Waals surface area contributed by atoms with Crippen molar-refractivity contribution in [2.75, 3.05) is 0 Å². The van der Waals surface area contributed by atoms with Crippen LogP contribution in [0.2, 0.25) is 0 Å². The molecule has 0 fully saturated rings. The highest BCUT2D eigenvalue weighted by atomic mass is 19.1. The lowest BCUT2D eigenvalue weighted by atomic mass is 10.1. The second-order valence-electron chi connectivity index (χ2n) is 5.65. The first-order chi connectivity index (χ1) is 13.0. The van der Waals surface area contributed by atoms with Crippen molar-refractivity contribution in [1.29, 1.82) is 0 Å². The summed E-state index contributed by atoms with van der Waals surface area (Å²) < 4.78 is 28.9. The predicted molar refractivity (Wildman–Crippen MR) is 93.5 cm³/mol. The lowest BCUT2D eigenvalue weighted by Gasteiger charge is -2.05. The average molecular weight is 369 g/mol. The van der Waals surface area contributed by atoms with Crippen molar-refractivity contribution < 1.29 is 27.9 Å². The van der Waals surface area contributed by atoms with E-state index >= 15 is 0 Å². The SMILES string of the molecule is NC(=O)c1ccc(COC(=O)c2ccc(COc3ccc(F)cc3)o2)cc1. The van der Waals surface area contributed by atoms with Gasteiger partial charge >= 0.3 is 5.97 Å². The number of nitrogens with two attached hydrogens (primary N) is 1. The van der Waals surface area contributed by atoms with E-state index < -0.39 is 11.9 Å². The van der Waals surface area contributed by atoms with Crippen LogP contribution in [0.3, 0.4) is 0 Å². The number of ether oxygens (including phenoxy) is 2. The van der Waals surface area contributed by atoms with Crippen molar-refractivity contribution in [3.8, 4) is 5.75 Å². The summed E-state index contributed by atoms with van der Waals surface area (Å²) in [5.74, 6) is -0.545. The third kappa shape index (κ3) is 4.94. The quantitative estimate of drug-likeness (QED) is 0.644. The largest absolute Gasteiger partial charge is 0.486 e. The van der Waals surface area contributed by atoms with E-state index in [4.69, 9.17) is 19.6 Å². The summed E-state index contributed by atoms with van der Waals surface area (Å²) in [6.07, 6.45) is 0. The molecule has 0 aliphatic rings. The molecule has 27 heavy (non-hydrogen) atoms. The van der Waals surface area contributed by atoms with Crippen LogP contribution in [0.5, 0.6) is 5.75 Å². The summed E-state index contributed by atoms with van der Waals surface area (Å²) in [7, 11) is 0. The van der Waals surface area contributed by atoms with Crippen LogP contribution in [-0.4, -0.2) is 11.9 Å². The molecule has 1 aromatic heterocycles. The Kier molecular flexibility index (Phi) is 5.51. The summed E-state index contributed by atoms with van der Waals surface area (Å²) in [6, 6.07) is 15.1. The minimum atomic E-state index is -0.623. The Morgan fingerprint density at radius 2 is 1.63 bits per heavy atom. The molecule has 2 aromatic carbocycles. The number of carbonyl (C=O) groups is 2. The summed E-state index contributed by atoms with van der Waals surface area (Å²) in [4.78, 5) is 23.1. The maximum absolute atomic E-state index is 12.8. The molecule has 138 valence electrons. The summed E-state index contributed by atoms with van der Waals surface area (Å²) >= 11 is 0. The first-order valence-corrected chi connectivity index (χ1v) is 8.04. The number of hydrogen-bond donors (Lipinski definition) is 1. The number of furan rings is 1. The number of halogens is 1. The molecule has 0 radical (unpaired) electrons. The third-order valence-electron chi connectivity index (χ3n) is 3.67. The standard InChI is InChI=1S/C20H16FNO5/c21-15-5-7-16(8-6-15)25-12-17-9-10-18(27-17)20(24)26-11-13-1-3-14(4-2-13)19(22)23/h1-10H,11-12H2,(H2,22,23). The van der Waals surface area contributed by atoms with Crippen LogP contribution in [0, 0.1) is 5.82 Å². The Bertz CT molecular complexity index is 932. The molecule has 0 saturated heterocycles. The Hall–Kier alpha value is -3.61. The van der Waals surface area contributed by atoms with Crippen LogP contribution in [-0.2, 0) is 18.0 Å². The lowest BCUT2D eigenvalue weighted by Crippen LogP contribution is -2.10. The van der Waals surface area contributed by atoms with Gasteiger partial charge in [-0.15, -0.1) is 0 Å². The number of benzene rings is 2. The molecular weight excluding hydrogens is 353 g/mol. The van der Waals surface area contributed by atoms with E-state index in [1.165, 1.54) is 30.3 Å². The van der Waals surface area contributed by atoms with Crippen molar-refractivity contribution in [3.63, 3.8) is 0 Å². The van der Waals surface area contributed by atoms with Crippen molar-refractivity contribution in [2.24, 2.45) is 5.73 Å². The lowest BCUT2D eigenvalue weighted by molar-refractivity contribution is 0.0432. The van der Waals surface area contributed by atoms with E-state index in [-0.39, 0.29) is 24.8 Å². The second kappa shape index (κ2) is 8.18. The molecule has 3 rings (SSSR count). The number of amides is 1. The molecule has 0 saturated carbocycles. The summed E-state index contributed by atoms with van der Waals surface area (Å²) in [5, 5.41) is 0. The minimum absolute atomic E-state index is 0.0278. The van der Waals surface area contributed by atoms with E-state index in [1.807, 2.05) is 0 Å². The molecule has 0 aliphatic heterocycles. The highest BCUT2D eigenvalue weighted by Gasteiger charge is 2.13. The van der Waals surface area contributed by atoms with Gasteiger partial charge in [-0.25, -0.2) is 9.18 Å². The van der Waals surface area contributed by atoms with Gasteiger partial charge < -0.3 is 19.6 Å². The van der Waals surface area contributed by atoms with Gasteiger partial charge in [0.15, 0.2) is 0 Å². The van der Waals surface area contributed by atoms with Crippen LogP contribution in [0.25, 0.3) is 0 Å². The average Bonchev–Trinajstić information content (AvgIpc) is 3.15. The van der Waals surface area contributed by atoms with Crippen LogP contribution < -0.4 is 10.5 Å². The van der Waals surface area contributed by atoms with Gasteiger partial charge in [0.1, 0.15) is 30.5 Å². The van der Waals surface area contributed by atoms with Crippen molar-refractivity contribution in [1.82, 2.24) is 0 Å². The van der Waals surface area contributed by atoms with Crippen LogP contribution in [0.15, 0.2) is 65.1 Å². The number of rotatable bonds is 7. The summed E-state index contributed by atoms with van der Waals surface area (Å²) in [5.41, 5.74) is 6.25. The van der Waals surface area contributed by atoms with E-state index in [1.54, 1.807) is 30.3 Å². The van der Waals surface area contributed by atoms with E-state index in [9.17, 15) is 14.0 Å². The fourth-order valence-corrected chi connectivity index (χ4v) is 2.24. The Morgan fingerprint density at radius 1 is 0.926 bits per heavy atom. The Morgan fingerprint density at radius 3 is 2.30 bits per heavy atom. The maximum Gasteiger partial charge on any atom is 0.374 e. The molecule has 2 N–H and O–H groups in total. The predicted octanol–water partition coefficient (Wildman–Crippen LogP) is 3.45. The van der Waals surface area contributed by atoms with Gasteiger partial charge in [0, 0.05) is 5.56 Å². The van der Waals surface area contributed by atoms with Crippen LogP contribution in [0.1, 0.15) is 32.2 Å². The zero-order valence-corrected chi connectivity index (χ0v) is 14.2. The smallest absolute Gasteiger partial charge is 0.374 e. The van der Waals surface area contributed by atoms with E-state index in [2.05, 4.69) is 0 Å². The van der Waals surface area contributed by atoms with Gasteiger partial charge in [0.05, 0.1) is 0 Å². The molecule has 6 nitrogen and oxygen atoms in total. The molecular formula is C20H16FNO5. The maximum atomic E-state index is 12.8. The number of hydrogen-bond acceptors (Lipinski definition) is 5. The normalized spacial score (nSPS) is 10.4. The number of primary amides is 1. The zero-order valence-electron chi connectivity index (χ0n) is 14.2. The molecule has 1 amide bonds. The zero-order chi connectivity index (χ0) is 19.2. The van der Waals surface area contributed by atoms with Gasteiger partial charge in [-0.3, -0.25) is 4.79 Å². The molecule has 0 aliphatic carbocycles. The molecule has 3 aromatic rings. The van der Waals surface area contributed by atoms with Crippen molar-refractivity contribution in [3.05, 3.63) is 89.1 Å². The van der Waals surface area contributed by atoms with Crippen molar-refractivity contribution in [2.45, 2.75) is 13.2 Å². The van der Waals surface area contributed by atoms with Gasteiger partial charge in [-0.2, -0.15) is 0 Å². The van der Waals surface area contributed by atoms with Gasteiger partial charge in [-0.1, -0.05) is 12.1 Å². The molecule has 0 spiro atoms. The number of carbonyl (C=O) groups excluding carboxylic acids is 2. The first-order valence-electron chi connectivity index (χ1n) is 8.04. The van der Waals surface area contributed by atoms with Gasteiger partial charge in [0.25, 0.3) is 0 Å². The molecule has 0 unspecified atom stereocenters. The molecule has 1 heterocycles. The van der Waals surface area contributed by atoms with Crippen molar-refractivity contribution >= 4 is 11.9 Å². The Balaban J connectivity index is 1.51.